The summed E-state index contributed by atoms with van der Waals surface area (Å²) in [4.78, 5) is 21.8. The molecule has 1 aromatic heterocycles. The van der Waals surface area contributed by atoms with Crippen LogP contribution in [0.5, 0.6) is 0 Å². The van der Waals surface area contributed by atoms with Gasteiger partial charge >= 0.3 is 11.9 Å². The van der Waals surface area contributed by atoms with Gasteiger partial charge in [-0.3, -0.25) is 0 Å². The Morgan fingerprint density at radius 3 is 2.00 bits per heavy atom. The fourth-order valence-electron chi connectivity index (χ4n) is 0.818. The van der Waals surface area contributed by atoms with Gasteiger partial charge in [0.2, 0.25) is 0 Å². The summed E-state index contributed by atoms with van der Waals surface area (Å²) in [5, 5.41) is 8.63. The van der Waals surface area contributed by atoms with Gasteiger partial charge in [-0.1, -0.05) is 27.7 Å². The summed E-state index contributed by atoms with van der Waals surface area (Å²) in [5.41, 5.74) is 0.259. The quantitative estimate of drug-likeness (QED) is 0.828. The molecule has 0 spiro atoms. The van der Waals surface area contributed by atoms with Crippen LogP contribution in [0, 0.1) is 6.92 Å². The van der Waals surface area contributed by atoms with Crippen molar-refractivity contribution in [2.75, 3.05) is 7.11 Å². The first-order valence-corrected chi connectivity index (χ1v) is 6.13. The Labute approximate surface area is 106 Å². The van der Waals surface area contributed by atoms with Crippen LogP contribution >= 0.6 is 11.5 Å². The molecule has 0 saturated carbocycles. The number of hydrogen-bond acceptors (Lipinski definition) is 5. The highest BCUT2D eigenvalue weighted by Gasteiger charge is 2.20. The average Bonchev–Trinajstić information content (AvgIpc) is 2.75. The fourth-order valence-corrected chi connectivity index (χ4v) is 1.61. The van der Waals surface area contributed by atoms with Crippen molar-refractivity contribution in [3.05, 3.63) is 16.1 Å². The van der Waals surface area contributed by atoms with E-state index in [1.54, 1.807) is 0 Å². The van der Waals surface area contributed by atoms with Crippen LogP contribution in [0.15, 0.2) is 0 Å². The minimum absolute atomic E-state index is 0.0922. The van der Waals surface area contributed by atoms with Crippen LogP contribution in [0.2, 0.25) is 0 Å². The third kappa shape index (κ3) is 4.95. The Kier molecular flexibility index (Phi) is 10.3. The number of aromatic carboxylic acids is 1. The number of carboxylic acids is 1. The largest absolute Gasteiger partial charge is 0.476 e. The van der Waals surface area contributed by atoms with Crippen molar-refractivity contribution in [1.29, 1.82) is 0 Å². The normalized spacial score (nSPS) is 8.12. The molecule has 0 aliphatic carbocycles. The maximum Gasteiger partial charge on any atom is 0.355 e. The van der Waals surface area contributed by atoms with Gasteiger partial charge in [-0.15, -0.1) is 0 Å². The monoisotopic (exact) mass is 261 g/mol. The van der Waals surface area contributed by atoms with Crippen LogP contribution in [0.25, 0.3) is 0 Å². The fraction of sp³-hybridized carbons (Fsp3) is 0.545. The van der Waals surface area contributed by atoms with Crippen LogP contribution in [0.1, 0.15) is 53.4 Å². The van der Waals surface area contributed by atoms with Gasteiger partial charge in [0.1, 0.15) is 4.88 Å². The van der Waals surface area contributed by atoms with Crippen molar-refractivity contribution in [3.8, 4) is 0 Å². The minimum Gasteiger partial charge on any atom is -0.476 e. The number of hydrogen-bond donors (Lipinski definition) is 1. The molecule has 1 aromatic rings. The number of methoxy groups -OCH3 is 1. The van der Waals surface area contributed by atoms with Crippen molar-refractivity contribution in [1.82, 2.24) is 4.37 Å². The number of ether oxygens (including phenoxy) is 1. The van der Waals surface area contributed by atoms with E-state index in [0.29, 0.717) is 5.56 Å². The lowest BCUT2D eigenvalue weighted by Gasteiger charge is -1.94. The molecular weight excluding hydrogens is 242 g/mol. The second-order valence-corrected chi connectivity index (χ2v) is 3.06. The number of rotatable bonds is 2. The molecule has 0 fully saturated rings. The van der Waals surface area contributed by atoms with E-state index in [1.165, 1.54) is 14.0 Å². The minimum atomic E-state index is -1.14. The number of nitrogens with zero attached hydrogens (tertiary/aromatic N) is 1. The zero-order chi connectivity index (χ0) is 14.0. The van der Waals surface area contributed by atoms with Gasteiger partial charge in [-0.05, 0) is 18.5 Å². The van der Waals surface area contributed by atoms with E-state index in [1.807, 2.05) is 27.7 Å². The molecule has 5 nitrogen and oxygen atoms in total. The van der Waals surface area contributed by atoms with E-state index in [4.69, 9.17) is 5.11 Å². The zero-order valence-corrected chi connectivity index (χ0v) is 11.8. The summed E-state index contributed by atoms with van der Waals surface area (Å²) in [5.74, 6) is -1.69. The van der Waals surface area contributed by atoms with Crippen LogP contribution in [-0.2, 0) is 4.74 Å². The van der Waals surface area contributed by atoms with Gasteiger partial charge in [0.15, 0.2) is 5.69 Å². The van der Waals surface area contributed by atoms with E-state index >= 15 is 0 Å². The van der Waals surface area contributed by atoms with E-state index in [-0.39, 0.29) is 10.6 Å². The van der Waals surface area contributed by atoms with E-state index in [2.05, 4.69) is 9.11 Å². The van der Waals surface area contributed by atoms with Crippen LogP contribution < -0.4 is 0 Å². The summed E-state index contributed by atoms with van der Waals surface area (Å²) in [6, 6.07) is 0. The molecule has 1 heterocycles. The molecule has 0 radical (unpaired) electrons. The molecule has 0 amide bonds. The standard InChI is InChI=1S/C7H7NO4S.2C2H6/c1-3-4(6(9)10)8-13-5(3)7(11)12-2;2*1-2/h1-2H3,(H,9,10);2*1-2H3. The lowest BCUT2D eigenvalue weighted by Crippen LogP contribution is -2.03. The number of esters is 1. The van der Waals surface area contributed by atoms with Crippen LogP contribution in [0.3, 0.4) is 0 Å². The van der Waals surface area contributed by atoms with E-state index in [9.17, 15) is 9.59 Å². The van der Waals surface area contributed by atoms with Gasteiger partial charge in [0.05, 0.1) is 7.11 Å². The van der Waals surface area contributed by atoms with Crippen LogP contribution in [-0.4, -0.2) is 28.5 Å². The first-order chi connectivity index (χ1) is 8.07. The predicted molar refractivity (Wildman–Crippen MR) is 67.8 cm³/mol. The van der Waals surface area contributed by atoms with E-state index in [0.717, 1.165) is 11.5 Å². The summed E-state index contributed by atoms with van der Waals surface area (Å²) >= 11 is 0.832. The number of carbonyl (C=O) groups is 2. The van der Waals surface area contributed by atoms with Gasteiger partial charge < -0.3 is 9.84 Å². The number of carboxylic acid groups (broad SMARTS) is 1. The molecule has 6 heteroatoms. The molecular formula is C11H19NO4S. The Bertz CT molecular complexity index is 360. The molecule has 1 N–H and O–H groups in total. The maximum atomic E-state index is 11.0. The molecule has 0 aliphatic heterocycles. The Balaban J connectivity index is 0. The van der Waals surface area contributed by atoms with Gasteiger partial charge in [-0.2, -0.15) is 4.37 Å². The van der Waals surface area contributed by atoms with Crippen molar-refractivity contribution in [2.45, 2.75) is 34.6 Å². The maximum absolute atomic E-state index is 11.0. The first kappa shape index (κ1) is 17.9. The SMILES string of the molecule is CC.CC.COC(=O)c1snc(C(=O)O)c1C. The first-order valence-electron chi connectivity index (χ1n) is 5.35. The lowest BCUT2D eigenvalue weighted by molar-refractivity contribution is 0.0605. The summed E-state index contributed by atoms with van der Waals surface area (Å²) < 4.78 is 8.07. The molecule has 98 valence electrons. The zero-order valence-electron chi connectivity index (χ0n) is 11.0. The summed E-state index contributed by atoms with van der Waals surface area (Å²) in [6.45, 7) is 9.53. The van der Waals surface area contributed by atoms with Crippen molar-refractivity contribution in [3.63, 3.8) is 0 Å². The van der Waals surface area contributed by atoms with Gasteiger partial charge in [-0.25, -0.2) is 9.59 Å². The smallest absolute Gasteiger partial charge is 0.355 e. The third-order valence-corrected chi connectivity index (χ3v) is 2.43. The second-order valence-electron chi connectivity index (χ2n) is 2.28. The molecule has 0 atom stereocenters. The molecule has 0 unspecified atom stereocenters. The highest BCUT2D eigenvalue weighted by atomic mass is 32.1. The third-order valence-electron chi connectivity index (χ3n) is 1.50. The van der Waals surface area contributed by atoms with Crippen molar-refractivity contribution >= 4 is 23.5 Å². The van der Waals surface area contributed by atoms with Crippen LogP contribution in [0.4, 0.5) is 0 Å². The summed E-state index contributed by atoms with van der Waals surface area (Å²) in [6.07, 6.45) is 0. The van der Waals surface area contributed by atoms with Crippen molar-refractivity contribution < 1.29 is 19.4 Å². The predicted octanol–water partition coefficient (Wildman–Crippen LogP) is 2.99. The molecule has 0 bridgehead atoms. The number of aromatic nitrogens is 1. The molecule has 0 aromatic carbocycles. The molecule has 0 aliphatic rings. The Morgan fingerprint density at radius 2 is 1.71 bits per heavy atom. The number of carbonyl (C=O) groups excluding carboxylic acids is 1. The summed E-state index contributed by atoms with van der Waals surface area (Å²) in [7, 11) is 1.24. The topological polar surface area (TPSA) is 76.5 Å². The Morgan fingerprint density at radius 1 is 1.24 bits per heavy atom. The molecule has 17 heavy (non-hydrogen) atoms. The highest BCUT2D eigenvalue weighted by molar-refractivity contribution is 7.08. The van der Waals surface area contributed by atoms with Crippen molar-refractivity contribution in [2.24, 2.45) is 0 Å². The molecule has 1 rings (SSSR count). The average molecular weight is 261 g/mol. The van der Waals surface area contributed by atoms with Gasteiger partial charge in [0, 0.05) is 5.56 Å². The highest BCUT2D eigenvalue weighted by Crippen LogP contribution is 2.18. The van der Waals surface area contributed by atoms with Gasteiger partial charge in [0.25, 0.3) is 0 Å². The lowest BCUT2D eigenvalue weighted by atomic mass is 10.2. The second kappa shape index (κ2) is 9.77. The molecule has 0 saturated heterocycles. The van der Waals surface area contributed by atoms with E-state index < -0.39 is 11.9 Å². The Hall–Kier alpha value is -1.43.